The fraction of sp³-hybridized carbons (Fsp3) is 0.118. The fourth-order valence-electron chi connectivity index (χ4n) is 2.48. The smallest absolute Gasteiger partial charge is 0.284 e. The van der Waals surface area contributed by atoms with E-state index >= 15 is 0 Å². The van der Waals surface area contributed by atoms with E-state index in [1.165, 1.54) is 11.3 Å². The summed E-state index contributed by atoms with van der Waals surface area (Å²) in [6, 6.07) is 9.60. The van der Waals surface area contributed by atoms with E-state index in [9.17, 15) is 4.79 Å². The number of rotatable bonds is 3. The minimum absolute atomic E-state index is 0.274. The Balaban J connectivity index is 1.54. The van der Waals surface area contributed by atoms with Crippen LogP contribution in [0.5, 0.6) is 0 Å². The van der Waals surface area contributed by atoms with Gasteiger partial charge in [-0.15, -0.1) is 11.3 Å². The highest BCUT2D eigenvalue weighted by molar-refractivity contribution is 7.20. The molecule has 0 fully saturated rings. The summed E-state index contributed by atoms with van der Waals surface area (Å²) in [5, 5.41) is 7.52. The predicted molar refractivity (Wildman–Crippen MR) is 96.2 cm³/mol. The van der Waals surface area contributed by atoms with E-state index < -0.39 is 0 Å². The summed E-state index contributed by atoms with van der Waals surface area (Å²) in [4.78, 5) is 25.2. The number of aryl methyl sites for hydroxylation is 2. The van der Waals surface area contributed by atoms with Crippen LogP contribution in [-0.2, 0) is 0 Å². The van der Waals surface area contributed by atoms with Gasteiger partial charge in [-0.2, -0.15) is 5.10 Å². The first-order valence-electron chi connectivity index (χ1n) is 7.63. The van der Waals surface area contributed by atoms with Crippen molar-refractivity contribution >= 4 is 33.1 Å². The predicted octanol–water partition coefficient (Wildman–Crippen LogP) is 3.14. The highest BCUT2D eigenvalue weighted by Gasteiger charge is 2.13. The summed E-state index contributed by atoms with van der Waals surface area (Å²) in [6.07, 6.45) is 3.12. The first-order valence-corrected chi connectivity index (χ1v) is 8.44. The van der Waals surface area contributed by atoms with Gasteiger partial charge < -0.3 is 5.32 Å². The molecule has 1 amide bonds. The van der Waals surface area contributed by atoms with Gasteiger partial charge in [-0.1, -0.05) is 12.1 Å². The van der Waals surface area contributed by atoms with Gasteiger partial charge in [-0.25, -0.2) is 19.6 Å². The Morgan fingerprint density at radius 1 is 1.16 bits per heavy atom. The van der Waals surface area contributed by atoms with Gasteiger partial charge in [0.1, 0.15) is 0 Å². The van der Waals surface area contributed by atoms with Crippen molar-refractivity contribution in [1.29, 1.82) is 0 Å². The second-order valence-electron chi connectivity index (χ2n) is 5.55. The molecule has 1 aromatic carbocycles. The first-order chi connectivity index (χ1) is 12.1. The third-order valence-electron chi connectivity index (χ3n) is 3.58. The summed E-state index contributed by atoms with van der Waals surface area (Å²) < 4.78 is 2.64. The van der Waals surface area contributed by atoms with Gasteiger partial charge in [-0.05, 0) is 32.0 Å². The molecule has 4 aromatic rings. The Morgan fingerprint density at radius 3 is 2.60 bits per heavy atom. The van der Waals surface area contributed by atoms with Gasteiger partial charge in [0, 0.05) is 5.69 Å². The second kappa shape index (κ2) is 6.06. The Bertz CT molecular complexity index is 1030. The molecule has 4 rings (SSSR count). The second-order valence-corrected chi connectivity index (χ2v) is 6.58. The lowest BCUT2D eigenvalue weighted by Gasteiger charge is -2.04. The summed E-state index contributed by atoms with van der Waals surface area (Å²) >= 11 is 1.35. The van der Waals surface area contributed by atoms with Crippen molar-refractivity contribution in [1.82, 2.24) is 24.7 Å². The maximum atomic E-state index is 12.4. The zero-order valence-electron chi connectivity index (χ0n) is 13.6. The summed E-state index contributed by atoms with van der Waals surface area (Å²) in [6.45, 7) is 3.85. The monoisotopic (exact) mass is 350 g/mol. The minimum Gasteiger partial charge on any atom is -0.317 e. The lowest BCUT2D eigenvalue weighted by molar-refractivity contribution is 0.102. The Labute approximate surface area is 147 Å². The molecule has 3 aromatic heterocycles. The number of nitrogens with one attached hydrogen (secondary N) is 1. The van der Waals surface area contributed by atoms with E-state index in [-0.39, 0.29) is 5.91 Å². The molecule has 0 aliphatic carbocycles. The number of anilines is 1. The number of fused-ring (bicyclic) bond motifs is 1. The van der Waals surface area contributed by atoms with Crippen LogP contribution in [0.1, 0.15) is 21.2 Å². The standard InChI is InChI=1S/C17H14N6OS/c1-10-7-11(2)23(22-10)17-18-8-12(9-19-17)20-15(24)16-21-13-5-3-4-6-14(13)25-16/h3-9H,1-2H3,(H,20,24). The molecule has 3 heterocycles. The van der Waals surface area contributed by atoms with Gasteiger partial charge in [0.05, 0.1) is 34.0 Å². The van der Waals surface area contributed by atoms with Crippen LogP contribution in [0.15, 0.2) is 42.7 Å². The van der Waals surface area contributed by atoms with Gasteiger partial charge in [0.15, 0.2) is 5.01 Å². The van der Waals surface area contributed by atoms with Crippen molar-refractivity contribution in [3.05, 3.63) is 59.1 Å². The summed E-state index contributed by atoms with van der Waals surface area (Å²) in [7, 11) is 0. The number of thiazole rings is 1. The number of hydrogen-bond acceptors (Lipinski definition) is 6. The maximum absolute atomic E-state index is 12.4. The summed E-state index contributed by atoms with van der Waals surface area (Å²) in [5.74, 6) is 0.187. The van der Waals surface area contributed by atoms with Crippen molar-refractivity contribution < 1.29 is 4.79 Å². The molecule has 0 unspecified atom stereocenters. The van der Waals surface area contributed by atoms with Crippen LogP contribution in [0, 0.1) is 13.8 Å². The SMILES string of the molecule is Cc1cc(C)n(-c2ncc(NC(=O)c3nc4ccccc4s3)cn2)n1. The molecule has 0 aliphatic rings. The van der Waals surface area contributed by atoms with Gasteiger partial charge >= 0.3 is 0 Å². The number of carbonyl (C=O) groups is 1. The van der Waals surface area contributed by atoms with Gasteiger partial charge in [-0.3, -0.25) is 4.79 Å². The van der Waals surface area contributed by atoms with E-state index in [2.05, 4.69) is 25.4 Å². The number of carbonyl (C=O) groups excluding carboxylic acids is 1. The lowest BCUT2D eigenvalue weighted by Crippen LogP contribution is -2.13. The Kier molecular flexibility index (Phi) is 3.73. The van der Waals surface area contributed by atoms with E-state index in [0.717, 1.165) is 21.6 Å². The third-order valence-corrected chi connectivity index (χ3v) is 4.62. The largest absolute Gasteiger partial charge is 0.317 e. The van der Waals surface area contributed by atoms with Crippen LogP contribution >= 0.6 is 11.3 Å². The number of para-hydroxylation sites is 1. The highest BCUT2D eigenvalue weighted by Crippen LogP contribution is 2.22. The van der Waals surface area contributed by atoms with Crippen LogP contribution in [0.4, 0.5) is 5.69 Å². The number of hydrogen-bond donors (Lipinski definition) is 1. The zero-order chi connectivity index (χ0) is 17.4. The summed E-state index contributed by atoms with van der Waals surface area (Å²) in [5.41, 5.74) is 3.17. The van der Waals surface area contributed by atoms with Gasteiger partial charge in [0.2, 0.25) is 0 Å². The van der Waals surface area contributed by atoms with E-state index in [1.807, 2.05) is 44.2 Å². The molecule has 0 radical (unpaired) electrons. The average Bonchev–Trinajstić information content (AvgIpc) is 3.18. The Morgan fingerprint density at radius 2 is 1.92 bits per heavy atom. The van der Waals surface area contributed by atoms with Crippen LogP contribution < -0.4 is 5.32 Å². The highest BCUT2D eigenvalue weighted by atomic mass is 32.1. The van der Waals surface area contributed by atoms with Crippen molar-refractivity contribution in [2.45, 2.75) is 13.8 Å². The minimum atomic E-state index is -0.274. The topological polar surface area (TPSA) is 85.6 Å². The zero-order valence-corrected chi connectivity index (χ0v) is 14.4. The van der Waals surface area contributed by atoms with Gasteiger partial charge in [0.25, 0.3) is 11.9 Å². The van der Waals surface area contributed by atoms with Crippen LogP contribution in [-0.4, -0.2) is 30.6 Å². The Hall–Kier alpha value is -3.13. The molecule has 124 valence electrons. The van der Waals surface area contributed by atoms with E-state index in [4.69, 9.17) is 0 Å². The van der Waals surface area contributed by atoms with Crippen molar-refractivity contribution in [2.24, 2.45) is 0 Å². The number of benzene rings is 1. The quantitative estimate of drug-likeness (QED) is 0.613. The van der Waals surface area contributed by atoms with Crippen LogP contribution in [0.3, 0.4) is 0 Å². The van der Waals surface area contributed by atoms with E-state index in [0.29, 0.717) is 16.6 Å². The molecular weight excluding hydrogens is 336 g/mol. The molecule has 0 bridgehead atoms. The van der Waals surface area contributed by atoms with Crippen molar-refractivity contribution in [3.8, 4) is 5.95 Å². The van der Waals surface area contributed by atoms with Crippen LogP contribution in [0.25, 0.3) is 16.2 Å². The lowest BCUT2D eigenvalue weighted by atomic mass is 10.3. The molecule has 1 N–H and O–H groups in total. The normalized spacial score (nSPS) is 11.0. The molecule has 0 atom stereocenters. The maximum Gasteiger partial charge on any atom is 0.284 e. The molecule has 7 nitrogen and oxygen atoms in total. The number of nitrogens with zero attached hydrogens (tertiary/aromatic N) is 5. The molecule has 0 saturated heterocycles. The van der Waals surface area contributed by atoms with Crippen LogP contribution in [0.2, 0.25) is 0 Å². The molecule has 0 saturated carbocycles. The van der Waals surface area contributed by atoms with E-state index in [1.54, 1.807) is 17.1 Å². The molecular formula is C17H14N6OS. The molecule has 0 aliphatic heterocycles. The molecule has 8 heteroatoms. The third kappa shape index (κ3) is 2.99. The van der Waals surface area contributed by atoms with Crippen molar-refractivity contribution in [2.75, 3.05) is 5.32 Å². The molecule has 0 spiro atoms. The fourth-order valence-corrected chi connectivity index (χ4v) is 3.34. The number of aromatic nitrogens is 5. The van der Waals surface area contributed by atoms with Crippen molar-refractivity contribution in [3.63, 3.8) is 0 Å². The molecule has 25 heavy (non-hydrogen) atoms. The first kappa shape index (κ1) is 15.4. The average molecular weight is 350 g/mol. The number of amides is 1.